The second kappa shape index (κ2) is 8.22. The molecule has 0 aliphatic carbocycles. The molecule has 5 nitrogen and oxygen atoms in total. The summed E-state index contributed by atoms with van der Waals surface area (Å²) in [5.74, 6) is 1.39. The summed E-state index contributed by atoms with van der Waals surface area (Å²) in [6.45, 7) is 8.38. The standard InChI is InChI=1S/C19H26N4O/c1-16-15-18(21-19(20-16)17-7-4-3-5-8-17)24-14-6-9-23-12-10-22(2)11-13-23/h3-5,7-8,15H,6,9-14H2,1-2H3. The Bertz CT molecular complexity index is 639. The van der Waals surface area contributed by atoms with Crippen LogP contribution in [-0.4, -0.2) is 66.1 Å². The van der Waals surface area contributed by atoms with Crippen molar-refractivity contribution in [3.05, 3.63) is 42.1 Å². The molecule has 1 aliphatic rings. The van der Waals surface area contributed by atoms with Crippen LogP contribution in [0.5, 0.6) is 5.88 Å². The van der Waals surface area contributed by atoms with Crippen LogP contribution in [-0.2, 0) is 0 Å². The average Bonchev–Trinajstić information content (AvgIpc) is 2.61. The van der Waals surface area contributed by atoms with E-state index in [1.807, 2.05) is 43.3 Å². The van der Waals surface area contributed by atoms with Gasteiger partial charge in [-0.1, -0.05) is 30.3 Å². The number of rotatable bonds is 6. The van der Waals surface area contributed by atoms with Gasteiger partial charge in [0.1, 0.15) is 0 Å². The summed E-state index contributed by atoms with van der Waals surface area (Å²) in [7, 11) is 2.18. The maximum atomic E-state index is 5.87. The van der Waals surface area contributed by atoms with Crippen molar-refractivity contribution >= 4 is 0 Å². The minimum Gasteiger partial charge on any atom is -0.478 e. The molecule has 24 heavy (non-hydrogen) atoms. The van der Waals surface area contributed by atoms with Gasteiger partial charge in [-0.3, -0.25) is 0 Å². The molecule has 1 fully saturated rings. The lowest BCUT2D eigenvalue weighted by atomic mass is 10.2. The number of piperazine rings is 1. The number of hydrogen-bond acceptors (Lipinski definition) is 5. The first-order valence-electron chi connectivity index (χ1n) is 8.65. The van der Waals surface area contributed by atoms with E-state index in [9.17, 15) is 0 Å². The molecule has 2 aromatic rings. The molecular formula is C19H26N4O. The summed E-state index contributed by atoms with van der Waals surface area (Å²) in [6.07, 6.45) is 1.02. The Labute approximate surface area is 144 Å². The van der Waals surface area contributed by atoms with Gasteiger partial charge in [-0.2, -0.15) is 4.98 Å². The fraction of sp³-hybridized carbons (Fsp3) is 0.474. The number of aryl methyl sites for hydroxylation is 1. The predicted octanol–water partition coefficient (Wildman–Crippen LogP) is 2.47. The average molecular weight is 326 g/mol. The van der Waals surface area contributed by atoms with Gasteiger partial charge in [0, 0.05) is 50.0 Å². The Morgan fingerprint density at radius 1 is 1.04 bits per heavy atom. The Hall–Kier alpha value is -1.98. The smallest absolute Gasteiger partial charge is 0.217 e. The maximum Gasteiger partial charge on any atom is 0.217 e. The number of likely N-dealkylation sites (N-methyl/N-ethyl adjacent to an activating group) is 1. The van der Waals surface area contributed by atoms with Crippen molar-refractivity contribution in [1.29, 1.82) is 0 Å². The highest BCUT2D eigenvalue weighted by Crippen LogP contribution is 2.18. The van der Waals surface area contributed by atoms with E-state index in [1.165, 1.54) is 0 Å². The number of aromatic nitrogens is 2. The van der Waals surface area contributed by atoms with Gasteiger partial charge in [-0.25, -0.2) is 4.98 Å². The molecule has 0 saturated carbocycles. The van der Waals surface area contributed by atoms with Crippen LogP contribution >= 0.6 is 0 Å². The summed E-state index contributed by atoms with van der Waals surface area (Å²) in [6, 6.07) is 11.9. The van der Waals surface area contributed by atoms with Crippen LogP contribution in [0, 0.1) is 6.92 Å². The monoisotopic (exact) mass is 326 g/mol. The molecule has 0 unspecified atom stereocenters. The van der Waals surface area contributed by atoms with E-state index in [0.717, 1.165) is 56.2 Å². The number of benzene rings is 1. The molecule has 1 aromatic heterocycles. The first-order chi connectivity index (χ1) is 11.7. The third kappa shape index (κ3) is 4.76. The first-order valence-corrected chi connectivity index (χ1v) is 8.65. The van der Waals surface area contributed by atoms with Gasteiger partial charge in [-0.05, 0) is 20.4 Å². The predicted molar refractivity (Wildman–Crippen MR) is 96.3 cm³/mol. The largest absolute Gasteiger partial charge is 0.478 e. The van der Waals surface area contributed by atoms with Crippen LogP contribution in [0.4, 0.5) is 0 Å². The molecule has 3 rings (SSSR count). The quantitative estimate of drug-likeness (QED) is 0.763. The fourth-order valence-corrected chi connectivity index (χ4v) is 2.87. The molecular weight excluding hydrogens is 300 g/mol. The molecule has 5 heteroatoms. The molecule has 0 atom stereocenters. The lowest BCUT2D eigenvalue weighted by Gasteiger charge is -2.32. The summed E-state index contributed by atoms with van der Waals surface area (Å²) in [5, 5.41) is 0. The van der Waals surface area contributed by atoms with Gasteiger partial charge in [0.25, 0.3) is 0 Å². The molecule has 0 amide bonds. The van der Waals surface area contributed by atoms with E-state index in [1.54, 1.807) is 0 Å². The molecule has 1 saturated heterocycles. The summed E-state index contributed by atoms with van der Waals surface area (Å²) >= 11 is 0. The Morgan fingerprint density at radius 2 is 1.79 bits per heavy atom. The van der Waals surface area contributed by atoms with E-state index in [-0.39, 0.29) is 0 Å². The van der Waals surface area contributed by atoms with Gasteiger partial charge in [0.2, 0.25) is 5.88 Å². The van der Waals surface area contributed by atoms with E-state index in [0.29, 0.717) is 12.5 Å². The van der Waals surface area contributed by atoms with Crippen LogP contribution < -0.4 is 4.74 Å². The van der Waals surface area contributed by atoms with Gasteiger partial charge in [-0.15, -0.1) is 0 Å². The zero-order valence-corrected chi connectivity index (χ0v) is 14.6. The number of hydrogen-bond donors (Lipinski definition) is 0. The van der Waals surface area contributed by atoms with Crippen molar-refractivity contribution < 1.29 is 4.74 Å². The van der Waals surface area contributed by atoms with Crippen molar-refractivity contribution in [2.24, 2.45) is 0 Å². The van der Waals surface area contributed by atoms with Gasteiger partial charge >= 0.3 is 0 Å². The van der Waals surface area contributed by atoms with E-state index >= 15 is 0 Å². The van der Waals surface area contributed by atoms with Crippen molar-refractivity contribution in [2.75, 3.05) is 46.4 Å². The molecule has 1 aliphatic heterocycles. The molecule has 1 aromatic carbocycles. The SMILES string of the molecule is Cc1cc(OCCCN2CCN(C)CC2)nc(-c2ccccc2)n1. The van der Waals surface area contributed by atoms with Crippen LogP contribution in [0.2, 0.25) is 0 Å². The summed E-state index contributed by atoms with van der Waals surface area (Å²) in [4.78, 5) is 13.9. The molecule has 2 heterocycles. The molecule has 128 valence electrons. The minimum absolute atomic E-state index is 0.666. The van der Waals surface area contributed by atoms with Crippen LogP contribution in [0.25, 0.3) is 11.4 Å². The molecule has 0 spiro atoms. The van der Waals surface area contributed by atoms with Crippen molar-refractivity contribution in [3.63, 3.8) is 0 Å². The summed E-state index contributed by atoms with van der Waals surface area (Å²) in [5.41, 5.74) is 1.95. The van der Waals surface area contributed by atoms with E-state index in [4.69, 9.17) is 4.74 Å². The topological polar surface area (TPSA) is 41.5 Å². The second-order valence-electron chi connectivity index (χ2n) is 6.38. The van der Waals surface area contributed by atoms with Crippen molar-refractivity contribution in [1.82, 2.24) is 19.8 Å². The zero-order valence-electron chi connectivity index (χ0n) is 14.6. The van der Waals surface area contributed by atoms with Gasteiger partial charge < -0.3 is 14.5 Å². The highest BCUT2D eigenvalue weighted by molar-refractivity contribution is 5.55. The fourth-order valence-electron chi connectivity index (χ4n) is 2.87. The lowest BCUT2D eigenvalue weighted by molar-refractivity contribution is 0.145. The van der Waals surface area contributed by atoms with Crippen molar-refractivity contribution in [2.45, 2.75) is 13.3 Å². The van der Waals surface area contributed by atoms with Crippen LogP contribution in [0.3, 0.4) is 0 Å². The molecule has 0 bridgehead atoms. The van der Waals surface area contributed by atoms with E-state index < -0.39 is 0 Å². The third-order valence-corrected chi connectivity index (χ3v) is 4.33. The maximum absolute atomic E-state index is 5.87. The highest BCUT2D eigenvalue weighted by atomic mass is 16.5. The Kier molecular flexibility index (Phi) is 5.77. The normalized spacial score (nSPS) is 16.2. The van der Waals surface area contributed by atoms with Crippen LogP contribution in [0.15, 0.2) is 36.4 Å². The van der Waals surface area contributed by atoms with Gasteiger partial charge in [0.05, 0.1) is 6.61 Å². The van der Waals surface area contributed by atoms with E-state index in [2.05, 4.69) is 26.8 Å². The number of ether oxygens (including phenoxy) is 1. The minimum atomic E-state index is 0.666. The molecule has 0 N–H and O–H groups in total. The molecule has 0 radical (unpaired) electrons. The van der Waals surface area contributed by atoms with Gasteiger partial charge in [0.15, 0.2) is 5.82 Å². The highest BCUT2D eigenvalue weighted by Gasteiger charge is 2.13. The van der Waals surface area contributed by atoms with Crippen LogP contribution in [0.1, 0.15) is 12.1 Å². The number of nitrogens with zero attached hydrogens (tertiary/aromatic N) is 4. The Balaban J connectivity index is 1.51. The van der Waals surface area contributed by atoms with Crippen molar-refractivity contribution in [3.8, 4) is 17.3 Å². The Morgan fingerprint density at radius 3 is 2.54 bits per heavy atom. The third-order valence-electron chi connectivity index (χ3n) is 4.33. The zero-order chi connectivity index (χ0) is 16.8. The second-order valence-corrected chi connectivity index (χ2v) is 6.38. The lowest BCUT2D eigenvalue weighted by Crippen LogP contribution is -2.44. The first kappa shape index (κ1) is 16.9. The summed E-state index contributed by atoms with van der Waals surface area (Å²) < 4.78 is 5.87.